The van der Waals surface area contributed by atoms with Crippen LogP contribution in [0.1, 0.15) is 17.7 Å². The average molecular weight is 310 g/mol. The molecule has 2 aromatic rings. The van der Waals surface area contributed by atoms with Crippen molar-refractivity contribution in [2.75, 3.05) is 11.9 Å². The first-order valence-corrected chi connectivity index (χ1v) is 7.53. The smallest absolute Gasteiger partial charge is 0.230 e. The molecule has 0 aliphatic carbocycles. The molecule has 0 saturated carbocycles. The molecule has 6 heteroatoms. The Balaban J connectivity index is 1.61. The standard InChI is InChI=1S/C17H18N4O2/c1-12-5-7-19-15(8-12)20-17(23)13-9-16(22)21(10-13)11-14-4-2-3-6-18-14/h2-8,13H,9-11H2,1H3,(H,19,20,23). The molecule has 3 rings (SSSR count). The molecular formula is C17H18N4O2. The number of aromatic nitrogens is 2. The molecule has 23 heavy (non-hydrogen) atoms. The zero-order chi connectivity index (χ0) is 16.2. The minimum atomic E-state index is -0.353. The summed E-state index contributed by atoms with van der Waals surface area (Å²) < 4.78 is 0. The van der Waals surface area contributed by atoms with Gasteiger partial charge in [0, 0.05) is 25.4 Å². The van der Waals surface area contributed by atoms with E-state index in [9.17, 15) is 9.59 Å². The maximum absolute atomic E-state index is 12.3. The Bertz CT molecular complexity index is 718. The second-order valence-electron chi connectivity index (χ2n) is 5.70. The van der Waals surface area contributed by atoms with E-state index in [4.69, 9.17) is 0 Å². The monoisotopic (exact) mass is 310 g/mol. The molecule has 118 valence electrons. The molecule has 1 fully saturated rings. The van der Waals surface area contributed by atoms with Crippen LogP contribution in [0.4, 0.5) is 5.82 Å². The van der Waals surface area contributed by atoms with Gasteiger partial charge in [0.2, 0.25) is 11.8 Å². The maximum atomic E-state index is 12.3. The van der Waals surface area contributed by atoms with Crippen LogP contribution in [-0.2, 0) is 16.1 Å². The lowest BCUT2D eigenvalue weighted by Gasteiger charge is -2.16. The largest absolute Gasteiger partial charge is 0.336 e. The van der Waals surface area contributed by atoms with Crippen molar-refractivity contribution in [2.24, 2.45) is 5.92 Å². The topological polar surface area (TPSA) is 75.2 Å². The lowest BCUT2D eigenvalue weighted by molar-refractivity contribution is -0.128. The molecule has 0 aromatic carbocycles. The number of pyridine rings is 2. The third-order valence-electron chi connectivity index (χ3n) is 3.83. The average Bonchev–Trinajstić information content (AvgIpc) is 2.89. The number of nitrogens with one attached hydrogen (secondary N) is 1. The molecule has 6 nitrogen and oxygen atoms in total. The molecule has 1 N–H and O–H groups in total. The third-order valence-corrected chi connectivity index (χ3v) is 3.83. The van der Waals surface area contributed by atoms with Crippen molar-refractivity contribution >= 4 is 17.6 Å². The van der Waals surface area contributed by atoms with Gasteiger partial charge in [-0.25, -0.2) is 4.98 Å². The van der Waals surface area contributed by atoms with Crippen molar-refractivity contribution in [1.82, 2.24) is 14.9 Å². The van der Waals surface area contributed by atoms with Crippen LogP contribution in [-0.4, -0.2) is 33.2 Å². The summed E-state index contributed by atoms with van der Waals surface area (Å²) in [5.41, 5.74) is 1.84. The highest BCUT2D eigenvalue weighted by Gasteiger charge is 2.34. The van der Waals surface area contributed by atoms with Crippen LogP contribution in [0.5, 0.6) is 0 Å². The van der Waals surface area contributed by atoms with Crippen molar-refractivity contribution in [1.29, 1.82) is 0 Å². The van der Waals surface area contributed by atoms with E-state index in [1.807, 2.05) is 31.2 Å². The zero-order valence-corrected chi connectivity index (χ0v) is 12.9. The first kappa shape index (κ1) is 15.1. The number of anilines is 1. The summed E-state index contributed by atoms with van der Waals surface area (Å²) in [6.45, 7) is 2.78. The van der Waals surface area contributed by atoms with E-state index in [0.29, 0.717) is 18.9 Å². The van der Waals surface area contributed by atoms with Gasteiger partial charge in [0.25, 0.3) is 0 Å². The quantitative estimate of drug-likeness (QED) is 0.934. The normalized spacial score (nSPS) is 17.3. The van der Waals surface area contributed by atoms with E-state index >= 15 is 0 Å². The van der Waals surface area contributed by atoms with E-state index in [1.54, 1.807) is 23.4 Å². The van der Waals surface area contributed by atoms with Crippen molar-refractivity contribution in [2.45, 2.75) is 19.9 Å². The minimum Gasteiger partial charge on any atom is -0.336 e. The lowest BCUT2D eigenvalue weighted by Crippen LogP contribution is -2.28. The molecule has 1 unspecified atom stereocenters. The Morgan fingerprint density at radius 3 is 2.91 bits per heavy atom. The number of amides is 2. The first-order valence-electron chi connectivity index (χ1n) is 7.53. The fourth-order valence-electron chi connectivity index (χ4n) is 2.62. The van der Waals surface area contributed by atoms with Gasteiger partial charge >= 0.3 is 0 Å². The second-order valence-corrected chi connectivity index (χ2v) is 5.70. The zero-order valence-electron chi connectivity index (χ0n) is 12.9. The van der Waals surface area contributed by atoms with E-state index in [-0.39, 0.29) is 24.2 Å². The van der Waals surface area contributed by atoms with Gasteiger partial charge in [-0.3, -0.25) is 14.6 Å². The molecule has 1 atom stereocenters. The maximum Gasteiger partial charge on any atom is 0.230 e. The Labute approximate surface area is 134 Å². The molecule has 0 bridgehead atoms. The van der Waals surface area contributed by atoms with Crippen LogP contribution >= 0.6 is 0 Å². The molecule has 1 aliphatic rings. The highest BCUT2D eigenvalue weighted by atomic mass is 16.2. The molecule has 2 aromatic heterocycles. The van der Waals surface area contributed by atoms with Gasteiger partial charge in [-0.05, 0) is 36.8 Å². The predicted molar refractivity (Wildman–Crippen MR) is 85.4 cm³/mol. The fourth-order valence-corrected chi connectivity index (χ4v) is 2.62. The number of rotatable bonds is 4. The molecule has 3 heterocycles. The van der Waals surface area contributed by atoms with Crippen LogP contribution in [0.3, 0.4) is 0 Å². The van der Waals surface area contributed by atoms with Crippen molar-refractivity contribution in [3.63, 3.8) is 0 Å². The van der Waals surface area contributed by atoms with Gasteiger partial charge in [-0.15, -0.1) is 0 Å². The molecule has 1 aliphatic heterocycles. The number of hydrogen-bond acceptors (Lipinski definition) is 4. The summed E-state index contributed by atoms with van der Waals surface area (Å²) in [6.07, 6.45) is 3.58. The third kappa shape index (κ3) is 3.71. The van der Waals surface area contributed by atoms with E-state index in [2.05, 4.69) is 15.3 Å². The summed E-state index contributed by atoms with van der Waals surface area (Å²) in [5, 5.41) is 2.79. The Hall–Kier alpha value is -2.76. The first-order chi connectivity index (χ1) is 11.1. The van der Waals surface area contributed by atoms with E-state index in [0.717, 1.165) is 11.3 Å². The second kappa shape index (κ2) is 6.56. The molecule has 2 amide bonds. The van der Waals surface area contributed by atoms with Gasteiger partial charge < -0.3 is 10.2 Å². The van der Waals surface area contributed by atoms with Crippen LogP contribution < -0.4 is 5.32 Å². The van der Waals surface area contributed by atoms with Gasteiger partial charge in [0.1, 0.15) is 5.82 Å². The summed E-state index contributed by atoms with van der Waals surface area (Å²) in [4.78, 5) is 34.4. The van der Waals surface area contributed by atoms with Gasteiger partial charge in [-0.1, -0.05) is 6.07 Å². The molecule has 0 radical (unpaired) electrons. The van der Waals surface area contributed by atoms with Crippen LogP contribution in [0.15, 0.2) is 42.7 Å². The number of hydrogen-bond donors (Lipinski definition) is 1. The van der Waals surface area contributed by atoms with Crippen molar-refractivity contribution < 1.29 is 9.59 Å². The summed E-state index contributed by atoms with van der Waals surface area (Å²) in [6, 6.07) is 9.26. The Morgan fingerprint density at radius 1 is 1.30 bits per heavy atom. The fraction of sp³-hybridized carbons (Fsp3) is 0.294. The van der Waals surface area contributed by atoms with Gasteiger partial charge in [0.05, 0.1) is 18.2 Å². The van der Waals surface area contributed by atoms with E-state index < -0.39 is 0 Å². The summed E-state index contributed by atoms with van der Waals surface area (Å²) in [7, 11) is 0. The number of nitrogens with zero attached hydrogens (tertiary/aromatic N) is 3. The van der Waals surface area contributed by atoms with Crippen molar-refractivity contribution in [3.8, 4) is 0 Å². The SMILES string of the molecule is Cc1ccnc(NC(=O)C2CC(=O)N(Cc3ccccn3)C2)c1. The van der Waals surface area contributed by atoms with Crippen molar-refractivity contribution in [3.05, 3.63) is 54.0 Å². The molecular weight excluding hydrogens is 292 g/mol. The van der Waals surface area contributed by atoms with Crippen LogP contribution in [0.2, 0.25) is 0 Å². The lowest BCUT2D eigenvalue weighted by atomic mass is 10.1. The van der Waals surface area contributed by atoms with Gasteiger partial charge in [-0.2, -0.15) is 0 Å². The Morgan fingerprint density at radius 2 is 2.17 bits per heavy atom. The molecule has 1 saturated heterocycles. The summed E-state index contributed by atoms with van der Waals surface area (Å²) in [5.74, 6) is -0.0212. The highest BCUT2D eigenvalue weighted by molar-refractivity contribution is 5.96. The summed E-state index contributed by atoms with van der Waals surface area (Å²) >= 11 is 0. The van der Waals surface area contributed by atoms with E-state index in [1.165, 1.54) is 0 Å². The Kier molecular flexibility index (Phi) is 4.32. The predicted octanol–water partition coefficient (Wildman–Crippen LogP) is 1.77. The van der Waals surface area contributed by atoms with Crippen LogP contribution in [0.25, 0.3) is 0 Å². The number of likely N-dealkylation sites (tertiary alicyclic amines) is 1. The number of aryl methyl sites for hydroxylation is 1. The molecule has 0 spiro atoms. The number of carbonyl (C=O) groups is 2. The number of carbonyl (C=O) groups excluding carboxylic acids is 2. The highest BCUT2D eigenvalue weighted by Crippen LogP contribution is 2.21. The van der Waals surface area contributed by atoms with Gasteiger partial charge in [0.15, 0.2) is 0 Å². The van der Waals surface area contributed by atoms with Crippen LogP contribution in [0, 0.1) is 12.8 Å². The minimum absolute atomic E-state index is 0.0204.